The normalized spacial score (nSPS) is 17.1. The molecule has 0 spiro atoms. The summed E-state index contributed by atoms with van der Waals surface area (Å²) in [6, 6.07) is 14.4. The van der Waals surface area contributed by atoms with Crippen LogP contribution in [0.15, 0.2) is 64.0 Å². The fraction of sp³-hybridized carbons (Fsp3) is 0.360. The van der Waals surface area contributed by atoms with Crippen molar-refractivity contribution in [1.82, 2.24) is 10.1 Å². The Morgan fingerprint density at radius 3 is 2.42 bits per heavy atom. The summed E-state index contributed by atoms with van der Waals surface area (Å²) in [6.45, 7) is 2.01. The molecule has 4 rings (SSSR count). The number of rotatable bonds is 9. The topological polar surface area (TPSA) is 124 Å². The second-order valence-electron chi connectivity index (χ2n) is 8.76. The van der Waals surface area contributed by atoms with Crippen LogP contribution in [0.5, 0.6) is 5.75 Å². The summed E-state index contributed by atoms with van der Waals surface area (Å²) in [5.74, 6) is 0.532. The molecule has 0 N–H and O–H groups in total. The maximum Gasteiger partial charge on any atom is 0.276 e. The van der Waals surface area contributed by atoms with Crippen molar-refractivity contribution < 1.29 is 30.9 Å². The first-order valence-electron chi connectivity index (χ1n) is 11.6. The van der Waals surface area contributed by atoms with Gasteiger partial charge in [0, 0.05) is 24.2 Å². The van der Waals surface area contributed by atoms with E-state index in [1.54, 1.807) is 38.3 Å². The van der Waals surface area contributed by atoms with Gasteiger partial charge < -0.3 is 14.2 Å². The molecule has 192 valence electrons. The van der Waals surface area contributed by atoms with Gasteiger partial charge in [-0.1, -0.05) is 24.2 Å². The molecule has 3 aromatic rings. The van der Waals surface area contributed by atoms with Crippen molar-refractivity contribution in [2.24, 2.45) is 0 Å². The molecular formula is C25H28N2O7S2. The number of methoxy groups -OCH3 is 1. The number of aromatic nitrogens is 1. The van der Waals surface area contributed by atoms with Gasteiger partial charge in [0.2, 0.25) is 0 Å². The third-order valence-corrected chi connectivity index (χ3v) is 9.81. The van der Waals surface area contributed by atoms with Gasteiger partial charge in [-0.2, -0.15) is 0 Å². The molecule has 1 aliphatic rings. The van der Waals surface area contributed by atoms with Crippen LogP contribution in [0.1, 0.15) is 35.8 Å². The third-order valence-electron chi connectivity index (χ3n) is 6.12. The van der Waals surface area contributed by atoms with Crippen LogP contribution in [-0.4, -0.2) is 63.2 Å². The average Bonchev–Trinajstić information content (AvgIpc) is 3.49. The van der Waals surface area contributed by atoms with E-state index in [2.05, 4.69) is 5.16 Å². The standard InChI is InChI=1S/C25H28N2O7S2/c1-3-13-36(31,32)22-10-6-19(7-11-22)24-15-23(26-34-24)25(28)27(20-12-14-35(29,30)17-20)16-18-4-8-21(33-2)9-5-18/h4-11,15,20H,3,12-14,16-17H2,1-2H3. The highest BCUT2D eigenvalue weighted by molar-refractivity contribution is 7.91. The highest BCUT2D eigenvalue weighted by atomic mass is 32.2. The van der Waals surface area contributed by atoms with Crippen molar-refractivity contribution in [2.45, 2.75) is 37.2 Å². The zero-order valence-corrected chi connectivity index (χ0v) is 21.7. The molecule has 0 aliphatic carbocycles. The Labute approximate surface area is 210 Å². The van der Waals surface area contributed by atoms with E-state index in [9.17, 15) is 21.6 Å². The van der Waals surface area contributed by atoms with Crippen LogP contribution in [0, 0.1) is 0 Å². The monoisotopic (exact) mass is 532 g/mol. The number of carbonyl (C=O) groups excluding carboxylic acids is 1. The summed E-state index contributed by atoms with van der Waals surface area (Å²) in [5, 5.41) is 3.94. The summed E-state index contributed by atoms with van der Waals surface area (Å²) in [4.78, 5) is 15.2. The minimum absolute atomic E-state index is 0.0292. The Morgan fingerprint density at radius 1 is 1.14 bits per heavy atom. The van der Waals surface area contributed by atoms with Crippen molar-refractivity contribution >= 4 is 25.6 Å². The molecular weight excluding hydrogens is 504 g/mol. The lowest BCUT2D eigenvalue weighted by atomic mass is 10.1. The van der Waals surface area contributed by atoms with Crippen LogP contribution in [0.25, 0.3) is 11.3 Å². The molecule has 11 heteroatoms. The Bertz CT molecular complexity index is 1430. The molecule has 1 aliphatic heterocycles. The van der Waals surface area contributed by atoms with E-state index >= 15 is 0 Å². The molecule has 1 saturated heterocycles. The van der Waals surface area contributed by atoms with Gasteiger partial charge in [0.1, 0.15) is 5.75 Å². The highest BCUT2D eigenvalue weighted by Gasteiger charge is 2.36. The molecule has 1 amide bonds. The van der Waals surface area contributed by atoms with Gasteiger partial charge >= 0.3 is 0 Å². The predicted octanol–water partition coefficient (Wildman–Crippen LogP) is 3.36. The first-order chi connectivity index (χ1) is 17.1. The fourth-order valence-electron chi connectivity index (χ4n) is 4.19. The first-order valence-corrected chi connectivity index (χ1v) is 15.0. The maximum atomic E-state index is 13.5. The zero-order valence-electron chi connectivity index (χ0n) is 20.1. The Kier molecular flexibility index (Phi) is 7.51. The highest BCUT2D eigenvalue weighted by Crippen LogP contribution is 2.26. The molecule has 1 unspecified atom stereocenters. The number of ether oxygens (including phenoxy) is 1. The first kappa shape index (κ1) is 25.9. The van der Waals surface area contributed by atoms with Crippen LogP contribution in [0.4, 0.5) is 0 Å². The van der Waals surface area contributed by atoms with Crippen LogP contribution in [0.3, 0.4) is 0 Å². The van der Waals surface area contributed by atoms with Crippen LogP contribution >= 0.6 is 0 Å². The van der Waals surface area contributed by atoms with E-state index in [-0.39, 0.29) is 34.4 Å². The summed E-state index contributed by atoms with van der Waals surface area (Å²) in [6.07, 6.45) is 0.871. The smallest absolute Gasteiger partial charge is 0.276 e. The summed E-state index contributed by atoms with van der Waals surface area (Å²) >= 11 is 0. The lowest BCUT2D eigenvalue weighted by Gasteiger charge is -2.27. The lowest BCUT2D eigenvalue weighted by molar-refractivity contribution is 0.0670. The SMILES string of the molecule is CCCS(=O)(=O)c1ccc(-c2cc(C(=O)N(Cc3ccc(OC)cc3)C3CCS(=O)(=O)C3)no2)cc1. The molecule has 1 atom stereocenters. The minimum Gasteiger partial charge on any atom is -0.497 e. The number of hydrogen-bond donors (Lipinski definition) is 0. The van der Waals surface area contributed by atoms with E-state index in [0.717, 1.165) is 5.56 Å². The molecule has 0 radical (unpaired) electrons. The Morgan fingerprint density at radius 2 is 1.83 bits per heavy atom. The van der Waals surface area contributed by atoms with Crippen LogP contribution in [-0.2, 0) is 26.2 Å². The van der Waals surface area contributed by atoms with E-state index in [4.69, 9.17) is 9.26 Å². The number of sulfone groups is 2. The third kappa shape index (κ3) is 5.79. The summed E-state index contributed by atoms with van der Waals surface area (Å²) < 4.78 is 59.4. The molecule has 0 saturated carbocycles. The lowest BCUT2D eigenvalue weighted by Crippen LogP contribution is -2.40. The molecule has 9 nitrogen and oxygen atoms in total. The predicted molar refractivity (Wildman–Crippen MR) is 134 cm³/mol. The van der Waals surface area contributed by atoms with Gasteiger partial charge in [0.15, 0.2) is 31.1 Å². The average molecular weight is 533 g/mol. The quantitative estimate of drug-likeness (QED) is 0.411. The largest absolute Gasteiger partial charge is 0.497 e. The second kappa shape index (κ2) is 10.4. The fourth-order valence-corrected chi connectivity index (χ4v) is 7.24. The minimum atomic E-state index is -3.35. The van der Waals surface area contributed by atoms with Gasteiger partial charge in [0.25, 0.3) is 5.91 Å². The Balaban J connectivity index is 1.58. The van der Waals surface area contributed by atoms with Crippen LogP contribution in [0.2, 0.25) is 0 Å². The number of hydrogen-bond acceptors (Lipinski definition) is 8. The van der Waals surface area contributed by atoms with Gasteiger partial charge in [-0.15, -0.1) is 0 Å². The van der Waals surface area contributed by atoms with E-state index < -0.39 is 31.6 Å². The van der Waals surface area contributed by atoms with Crippen LogP contribution < -0.4 is 4.74 Å². The maximum absolute atomic E-state index is 13.5. The number of nitrogens with zero attached hydrogens (tertiary/aromatic N) is 2. The van der Waals surface area contributed by atoms with Crippen molar-refractivity contribution in [3.05, 3.63) is 65.9 Å². The van der Waals surface area contributed by atoms with Gasteiger partial charge in [-0.3, -0.25) is 4.79 Å². The number of carbonyl (C=O) groups is 1. The van der Waals surface area contributed by atoms with Gasteiger partial charge in [0.05, 0.1) is 29.3 Å². The second-order valence-corrected chi connectivity index (χ2v) is 13.1. The van der Waals surface area contributed by atoms with Crippen molar-refractivity contribution in [3.8, 4) is 17.1 Å². The van der Waals surface area contributed by atoms with Gasteiger partial charge in [-0.25, -0.2) is 16.8 Å². The summed E-state index contributed by atoms with van der Waals surface area (Å²) in [5.41, 5.74) is 1.44. The van der Waals surface area contributed by atoms with E-state index in [1.165, 1.54) is 23.1 Å². The van der Waals surface area contributed by atoms with E-state index in [1.807, 2.05) is 12.1 Å². The molecule has 1 fully saturated rings. The van der Waals surface area contributed by atoms with Gasteiger partial charge in [-0.05, 0) is 54.8 Å². The zero-order chi connectivity index (χ0) is 25.9. The van der Waals surface area contributed by atoms with Crippen molar-refractivity contribution in [2.75, 3.05) is 24.4 Å². The number of amides is 1. The molecule has 2 heterocycles. The molecule has 1 aromatic heterocycles. The molecule has 36 heavy (non-hydrogen) atoms. The Hall–Kier alpha value is -3.18. The van der Waals surface area contributed by atoms with Crippen molar-refractivity contribution in [1.29, 1.82) is 0 Å². The number of benzene rings is 2. The van der Waals surface area contributed by atoms with Crippen molar-refractivity contribution in [3.63, 3.8) is 0 Å². The summed E-state index contributed by atoms with van der Waals surface area (Å²) in [7, 11) is -5.01. The molecule has 2 aromatic carbocycles. The van der Waals surface area contributed by atoms with E-state index in [0.29, 0.717) is 29.9 Å². The molecule has 0 bridgehead atoms.